The monoisotopic (exact) mass is 226 g/mol. The fourth-order valence-electron chi connectivity index (χ4n) is 1.25. The molecule has 0 unspecified atom stereocenters. The van der Waals surface area contributed by atoms with Crippen LogP contribution in [0.15, 0.2) is 24.4 Å². The topological polar surface area (TPSA) is 56.7 Å². The summed E-state index contributed by atoms with van der Waals surface area (Å²) in [4.78, 5) is 0. The maximum atomic E-state index is 12.8. The van der Waals surface area contributed by atoms with E-state index >= 15 is 0 Å². The summed E-state index contributed by atoms with van der Waals surface area (Å²) in [7, 11) is 0. The molecule has 0 amide bonds. The standard InChI is InChI=1S/C9H8ClFN4/c10-8-3-6(11)1-2-9(8)15-7(4-12)5-13-14-15/h1-3,5H,4,12H2. The minimum atomic E-state index is -0.391. The van der Waals surface area contributed by atoms with Crippen LogP contribution in [-0.2, 0) is 6.54 Å². The minimum absolute atomic E-state index is 0.273. The number of nitrogens with zero attached hydrogens (tertiary/aromatic N) is 3. The Hall–Kier alpha value is -1.46. The third kappa shape index (κ3) is 1.84. The first-order chi connectivity index (χ1) is 7.22. The molecule has 0 aliphatic rings. The van der Waals surface area contributed by atoms with Crippen LogP contribution in [0.5, 0.6) is 0 Å². The zero-order valence-corrected chi connectivity index (χ0v) is 8.45. The fraction of sp³-hybridized carbons (Fsp3) is 0.111. The first kappa shape index (κ1) is 10.1. The highest BCUT2D eigenvalue weighted by Crippen LogP contribution is 2.21. The van der Waals surface area contributed by atoms with Gasteiger partial charge in [-0.2, -0.15) is 0 Å². The van der Waals surface area contributed by atoms with Gasteiger partial charge in [-0.1, -0.05) is 16.8 Å². The molecule has 1 aromatic heterocycles. The molecule has 4 nitrogen and oxygen atoms in total. The maximum absolute atomic E-state index is 12.8. The molecule has 0 aliphatic carbocycles. The smallest absolute Gasteiger partial charge is 0.124 e. The van der Waals surface area contributed by atoms with E-state index in [9.17, 15) is 4.39 Å². The van der Waals surface area contributed by atoms with Crippen molar-refractivity contribution in [3.8, 4) is 5.69 Å². The molecule has 0 saturated carbocycles. The number of benzene rings is 1. The Bertz CT molecular complexity index is 483. The number of rotatable bonds is 2. The lowest BCUT2D eigenvalue weighted by molar-refractivity contribution is 0.626. The Balaban J connectivity index is 2.54. The summed E-state index contributed by atoms with van der Waals surface area (Å²) in [5.41, 5.74) is 6.77. The van der Waals surface area contributed by atoms with Crippen LogP contribution in [0, 0.1) is 5.82 Å². The van der Waals surface area contributed by atoms with Crippen LogP contribution >= 0.6 is 11.6 Å². The Morgan fingerprint density at radius 1 is 1.47 bits per heavy atom. The average molecular weight is 227 g/mol. The summed E-state index contributed by atoms with van der Waals surface area (Å²) in [5, 5.41) is 7.81. The van der Waals surface area contributed by atoms with Crippen LogP contribution in [0.3, 0.4) is 0 Å². The van der Waals surface area contributed by atoms with Crippen LogP contribution in [-0.4, -0.2) is 15.0 Å². The zero-order valence-electron chi connectivity index (χ0n) is 7.69. The van der Waals surface area contributed by atoms with Gasteiger partial charge in [0.05, 0.1) is 22.6 Å². The van der Waals surface area contributed by atoms with Gasteiger partial charge >= 0.3 is 0 Å². The molecule has 0 fully saturated rings. The number of aromatic nitrogens is 3. The van der Waals surface area contributed by atoms with E-state index in [0.29, 0.717) is 17.9 Å². The Morgan fingerprint density at radius 3 is 2.93 bits per heavy atom. The molecule has 2 rings (SSSR count). The molecule has 1 heterocycles. The van der Waals surface area contributed by atoms with Crippen molar-refractivity contribution in [1.82, 2.24) is 15.0 Å². The average Bonchev–Trinajstić information content (AvgIpc) is 2.65. The third-order valence-electron chi connectivity index (χ3n) is 1.97. The van der Waals surface area contributed by atoms with E-state index in [1.807, 2.05) is 0 Å². The predicted octanol–water partition coefficient (Wildman–Crippen LogP) is 1.52. The fourth-order valence-corrected chi connectivity index (χ4v) is 1.50. The lowest BCUT2D eigenvalue weighted by atomic mass is 10.3. The van der Waals surface area contributed by atoms with Gasteiger partial charge in [0.1, 0.15) is 5.82 Å². The highest BCUT2D eigenvalue weighted by atomic mass is 35.5. The SMILES string of the molecule is NCc1cnnn1-c1ccc(F)cc1Cl. The summed E-state index contributed by atoms with van der Waals surface area (Å²) in [6, 6.07) is 4.06. The van der Waals surface area contributed by atoms with Crippen molar-refractivity contribution in [2.45, 2.75) is 6.54 Å². The molecule has 0 bridgehead atoms. The van der Waals surface area contributed by atoms with Gasteiger partial charge in [-0.05, 0) is 18.2 Å². The van der Waals surface area contributed by atoms with Crippen molar-refractivity contribution < 1.29 is 4.39 Å². The van der Waals surface area contributed by atoms with E-state index in [-0.39, 0.29) is 5.02 Å². The second kappa shape index (κ2) is 3.96. The van der Waals surface area contributed by atoms with Crippen molar-refractivity contribution in [2.24, 2.45) is 5.73 Å². The largest absolute Gasteiger partial charge is 0.325 e. The van der Waals surface area contributed by atoms with Crippen LogP contribution in [0.4, 0.5) is 4.39 Å². The highest BCUT2D eigenvalue weighted by Gasteiger charge is 2.08. The minimum Gasteiger partial charge on any atom is -0.325 e. The predicted molar refractivity (Wildman–Crippen MR) is 54.2 cm³/mol. The van der Waals surface area contributed by atoms with Crippen molar-refractivity contribution in [3.05, 3.63) is 40.9 Å². The lowest BCUT2D eigenvalue weighted by Crippen LogP contribution is -2.07. The van der Waals surface area contributed by atoms with Gasteiger partial charge in [0.2, 0.25) is 0 Å². The number of halogens is 2. The van der Waals surface area contributed by atoms with Gasteiger partial charge in [0.15, 0.2) is 0 Å². The van der Waals surface area contributed by atoms with E-state index in [1.165, 1.54) is 22.9 Å². The van der Waals surface area contributed by atoms with Crippen LogP contribution in [0.2, 0.25) is 5.02 Å². The second-order valence-electron chi connectivity index (χ2n) is 2.94. The molecular weight excluding hydrogens is 219 g/mol. The van der Waals surface area contributed by atoms with Gasteiger partial charge in [0.25, 0.3) is 0 Å². The lowest BCUT2D eigenvalue weighted by Gasteiger charge is -2.06. The molecule has 78 valence electrons. The highest BCUT2D eigenvalue weighted by molar-refractivity contribution is 6.32. The molecule has 6 heteroatoms. The van der Waals surface area contributed by atoms with Crippen molar-refractivity contribution in [1.29, 1.82) is 0 Å². The van der Waals surface area contributed by atoms with Crippen LogP contribution in [0.25, 0.3) is 5.69 Å². The Labute approximate surface area is 90.5 Å². The van der Waals surface area contributed by atoms with Gasteiger partial charge in [-0.25, -0.2) is 9.07 Å². The molecule has 1 aromatic carbocycles. The van der Waals surface area contributed by atoms with Crippen molar-refractivity contribution >= 4 is 11.6 Å². The number of nitrogens with two attached hydrogens (primary N) is 1. The van der Waals surface area contributed by atoms with Crippen LogP contribution in [0.1, 0.15) is 5.69 Å². The van der Waals surface area contributed by atoms with Gasteiger partial charge < -0.3 is 5.73 Å². The summed E-state index contributed by atoms with van der Waals surface area (Å²) >= 11 is 5.88. The molecule has 0 aliphatic heterocycles. The molecule has 0 radical (unpaired) electrons. The number of hydrogen-bond donors (Lipinski definition) is 1. The second-order valence-corrected chi connectivity index (χ2v) is 3.34. The zero-order chi connectivity index (χ0) is 10.8. The Kier molecular flexibility index (Phi) is 2.66. The van der Waals surface area contributed by atoms with Gasteiger partial charge in [-0.3, -0.25) is 0 Å². The first-order valence-electron chi connectivity index (χ1n) is 4.27. The molecule has 15 heavy (non-hydrogen) atoms. The van der Waals surface area contributed by atoms with E-state index in [4.69, 9.17) is 17.3 Å². The molecule has 0 atom stereocenters. The van der Waals surface area contributed by atoms with Crippen LogP contribution < -0.4 is 5.73 Å². The normalized spacial score (nSPS) is 10.6. The summed E-state index contributed by atoms with van der Waals surface area (Å²) in [5.74, 6) is -0.391. The summed E-state index contributed by atoms with van der Waals surface area (Å²) in [6.07, 6.45) is 1.54. The summed E-state index contributed by atoms with van der Waals surface area (Å²) < 4.78 is 14.3. The molecule has 2 aromatic rings. The molecular formula is C9H8ClFN4. The van der Waals surface area contributed by atoms with E-state index < -0.39 is 5.82 Å². The Morgan fingerprint density at radius 2 is 2.27 bits per heavy atom. The first-order valence-corrected chi connectivity index (χ1v) is 4.65. The van der Waals surface area contributed by atoms with Gasteiger partial charge in [-0.15, -0.1) is 5.10 Å². The molecule has 0 saturated heterocycles. The summed E-state index contributed by atoms with van der Waals surface area (Å²) in [6.45, 7) is 0.292. The number of hydrogen-bond acceptors (Lipinski definition) is 3. The van der Waals surface area contributed by atoms with E-state index in [2.05, 4.69) is 10.3 Å². The quantitative estimate of drug-likeness (QED) is 0.845. The molecule has 0 spiro atoms. The van der Waals surface area contributed by atoms with E-state index in [0.717, 1.165) is 0 Å². The third-order valence-corrected chi connectivity index (χ3v) is 2.27. The molecule has 2 N–H and O–H groups in total. The van der Waals surface area contributed by atoms with E-state index in [1.54, 1.807) is 6.20 Å². The van der Waals surface area contributed by atoms with Gasteiger partial charge in [0, 0.05) is 6.54 Å². The van der Waals surface area contributed by atoms with Crippen molar-refractivity contribution in [3.63, 3.8) is 0 Å². The maximum Gasteiger partial charge on any atom is 0.124 e. The van der Waals surface area contributed by atoms with Crippen molar-refractivity contribution in [2.75, 3.05) is 0 Å².